The van der Waals surface area contributed by atoms with Crippen LogP contribution < -0.4 is 14.8 Å². The van der Waals surface area contributed by atoms with Crippen molar-refractivity contribution < 1.29 is 27.5 Å². The van der Waals surface area contributed by atoms with Gasteiger partial charge in [0.1, 0.15) is 10.6 Å². The lowest BCUT2D eigenvalue weighted by molar-refractivity contribution is -0.118. The lowest BCUT2D eigenvalue weighted by Gasteiger charge is -2.19. The molecule has 0 aromatic heterocycles. The van der Waals surface area contributed by atoms with Gasteiger partial charge in [-0.1, -0.05) is 0 Å². The lowest BCUT2D eigenvalue weighted by atomic mass is 10.2. The van der Waals surface area contributed by atoms with Crippen molar-refractivity contribution in [3.63, 3.8) is 0 Å². The quantitative estimate of drug-likeness (QED) is 0.671. The Bertz CT molecular complexity index is 1000. The van der Waals surface area contributed by atoms with Crippen molar-refractivity contribution in [3.05, 3.63) is 46.4 Å². The van der Waals surface area contributed by atoms with E-state index in [1.54, 1.807) is 6.92 Å². The fraction of sp³-hybridized carbons (Fsp3) is 0.176. The normalized spacial score (nSPS) is 13.2. The Morgan fingerprint density at radius 3 is 2.67 bits per heavy atom. The van der Waals surface area contributed by atoms with Gasteiger partial charge in [-0.15, -0.1) is 0 Å². The molecule has 2 aromatic rings. The molecule has 0 saturated carbocycles. The molecule has 8 nitrogen and oxygen atoms in total. The zero-order valence-corrected chi connectivity index (χ0v) is 16.5. The largest absolute Gasteiger partial charge is 0.482 e. The third-order valence-electron chi connectivity index (χ3n) is 3.60. The molecule has 0 spiro atoms. The van der Waals surface area contributed by atoms with E-state index in [0.29, 0.717) is 11.3 Å². The van der Waals surface area contributed by atoms with Gasteiger partial charge >= 0.3 is 5.97 Å². The highest BCUT2D eigenvalue weighted by molar-refractivity contribution is 9.10. The summed E-state index contributed by atoms with van der Waals surface area (Å²) >= 11 is 3.21. The van der Waals surface area contributed by atoms with E-state index < -0.39 is 16.0 Å². The molecule has 0 fully saturated rings. The molecular weight excluding hydrogens is 440 g/mol. The maximum Gasteiger partial charge on any atom is 0.338 e. The first-order valence-electron chi connectivity index (χ1n) is 7.86. The summed E-state index contributed by atoms with van der Waals surface area (Å²) in [5, 5.41) is 2.60. The predicted octanol–water partition coefficient (Wildman–Crippen LogP) is 2.76. The maximum absolute atomic E-state index is 12.7. The van der Waals surface area contributed by atoms with Crippen molar-refractivity contribution in [2.45, 2.75) is 11.8 Å². The van der Waals surface area contributed by atoms with Gasteiger partial charge in [0.05, 0.1) is 17.9 Å². The number of halogens is 1. The molecular formula is C17H15BrN2O6S. The van der Waals surface area contributed by atoms with Crippen LogP contribution in [0.25, 0.3) is 0 Å². The first-order valence-corrected chi connectivity index (χ1v) is 10.1. The number of rotatable bonds is 5. The topological polar surface area (TPSA) is 111 Å². The number of ether oxygens (including phenoxy) is 2. The summed E-state index contributed by atoms with van der Waals surface area (Å²) in [4.78, 5) is 23.0. The molecule has 3 rings (SSSR count). The summed E-state index contributed by atoms with van der Waals surface area (Å²) in [6.45, 7) is 1.77. The number of hydrogen-bond acceptors (Lipinski definition) is 6. The second-order valence-electron chi connectivity index (χ2n) is 5.52. The third kappa shape index (κ3) is 4.22. The molecule has 2 N–H and O–H groups in total. The van der Waals surface area contributed by atoms with Gasteiger partial charge in [-0.25, -0.2) is 13.2 Å². The van der Waals surface area contributed by atoms with E-state index in [2.05, 4.69) is 26.0 Å². The molecule has 1 heterocycles. The molecule has 0 atom stereocenters. The van der Waals surface area contributed by atoms with Crippen LogP contribution in [0.15, 0.2) is 45.8 Å². The molecule has 1 amide bonds. The number of nitrogens with one attached hydrogen (secondary N) is 2. The molecule has 0 radical (unpaired) electrons. The summed E-state index contributed by atoms with van der Waals surface area (Å²) < 4.78 is 38.3. The van der Waals surface area contributed by atoms with Gasteiger partial charge in [0.15, 0.2) is 6.61 Å². The smallest absolute Gasteiger partial charge is 0.338 e. The Morgan fingerprint density at radius 1 is 1.30 bits per heavy atom. The minimum atomic E-state index is -3.94. The molecule has 0 unspecified atom stereocenters. The summed E-state index contributed by atoms with van der Waals surface area (Å²) in [6.07, 6.45) is 0. The Labute approximate surface area is 164 Å². The molecule has 27 heavy (non-hydrogen) atoms. The van der Waals surface area contributed by atoms with E-state index in [-0.39, 0.29) is 39.9 Å². The van der Waals surface area contributed by atoms with E-state index >= 15 is 0 Å². The van der Waals surface area contributed by atoms with Crippen LogP contribution >= 0.6 is 15.9 Å². The Kier molecular flexibility index (Phi) is 5.38. The van der Waals surface area contributed by atoms with E-state index in [1.807, 2.05) is 0 Å². The highest BCUT2D eigenvalue weighted by Gasteiger charge is 2.24. The van der Waals surface area contributed by atoms with Gasteiger partial charge in [-0.3, -0.25) is 9.52 Å². The second-order valence-corrected chi connectivity index (χ2v) is 8.02. The first-order chi connectivity index (χ1) is 12.8. The van der Waals surface area contributed by atoms with E-state index in [4.69, 9.17) is 9.47 Å². The molecule has 142 valence electrons. The van der Waals surface area contributed by atoms with Gasteiger partial charge in [-0.2, -0.15) is 0 Å². The fourth-order valence-corrected chi connectivity index (χ4v) is 4.50. The summed E-state index contributed by atoms with van der Waals surface area (Å²) in [5.74, 6) is -0.538. The summed E-state index contributed by atoms with van der Waals surface area (Å²) in [5.41, 5.74) is 0.983. The number of fused-ring (bicyclic) bond motifs is 1. The average molecular weight is 455 g/mol. The third-order valence-corrected chi connectivity index (χ3v) is 5.94. The SMILES string of the molecule is CCOC(=O)c1ccc(NS(=O)(=O)c2cc3c(cc2Br)NC(=O)CO3)cc1. The van der Waals surface area contributed by atoms with E-state index in [9.17, 15) is 18.0 Å². The van der Waals surface area contributed by atoms with Crippen LogP contribution in [0.5, 0.6) is 5.75 Å². The Balaban J connectivity index is 1.85. The summed E-state index contributed by atoms with van der Waals surface area (Å²) in [6, 6.07) is 8.66. The molecule has 1 aliphatic rings. The molecule has 0 aliphatic carbocycles. The highest BCUT2D eigenvalue weighted by atomic mass is 79.9. The second kappa shape index (κ2) is 7.57. The Morgan fingerprint density at radius 2 is 2.00 bits per heavy atom. The maximum atomic E-state index is 12.7. The molecule has 2 aromatic carbocycles. The van der Waals surface area contributed by atoms with Crippen molar-refractivity contribution in [3.8, 4) is 5.75 Å². The van der Waals surface area contributed by atoms with Crippen LogP contribution in [0.3, 0.4) is 0 Å². The molecule has 0 bridgehead atoms. The van der Waals surface area contributed by atoms with Gasteiger partial charge in [0.25, 0.3) is 15.9 Å². The van der Waals surface area contributed by atoms with Crippen LogP contribution in [-0.4, -0.2) is 33.5 Å². The zero-order chi connectivity index (χ0) is 19.6. The van der Waals surface area contributed by atoms with Crippen LogP contribution in [-0.2, 0) is 19.6 Å². The summed E-state index contributed by atoms with van der Waals surface area (Å²) in [7, 11) is -3.94. The van der Waals surface area contributed by atoms with Crippen molar-refractivity contribution >= 4 is 49.2 Å². The zero-order valence-electron chi connectivity index (χ0n) is 14.1. The van der Waals surface area contributed by atoms with Gasteiger partial charge in [0.2, 0.25) is 0 Å². The van der Waals surface area contributed by atoms with Crippen molar-refractivity contribution in [1.29, 1.82) is 0 Å². The van der Waals surface area contributed by atoms with Crippen molar-refractivity contribution in [1.82, 2.24) is 0 Å². The number of anilines is 2. The van der Waals surface area contributed by atoms with Gasteiger partial charge < -0.3 is 14.8 Å². The number of carbonyl (C=O) groups is 2. The fourth-order valence-electron chi connectivity index (χ4n) is 2.39. The van der Waals surface area contributed by atoms with Crippen molar-refractivity contribution in [2.24, 2.45) is 0 Å². The minimum Gasteiger partial charge on any atom is -0.482 e. The number of benzene rings is 2. The number of esters is 1. The van der Waals surface area contributed by atoms with Crippen LogP contribution in [0, 0.1) is 0 Å². The van der Waals surface area contributed by atoms with E-state index in [1.165, 1.54) is 36.4 Å². The molecule has 1 aliphatic heterocycles. The van der Waals surface area contributed by atoms with Crippen LogP contribution in [0.1, 0.15) is 17.3 Å². The molecule has 0 saturated heterocycles. The lowest BCUT2D eigenvalue weighted by Crippen LogP contribution is -2.26. The van der Waals surface area contributed by atoms with Crippen molar-refractivity contribution in [2.75, 3.05) is 23.3 Å². The van der Waals surface area contributed by atoms with E-state index in [0.717, 1.165) is 0 Å². The number of hydrogen-bond donors (Lipinski definition) is 2. The van der Waals surface area contributed by atoms with Gasteiger partial charge in [0, 0.05) is 16.2 Å². The van der Waals surface area contributed by atoms with Gasteiger partial charge in [-0.05, 0) is 53.2 Å². The number of amides is 1. The minimum absolute atomic E-state index is 0.0492. The molecule has 10 heteroatoms. The number of carbonyl (C=O) groups excluding carboxylic acids is 2. The average Bonchev–Trinajstić information content (AvgIpc) is 2.61. The Hall–Kier alpha value is -2.59. The monoisotopic (exact) mass is 454 g/mol. The standard InChI is InChI=1S/C17H15BrN2O6S/c1-2-25-17(22)10-3-5-11(6-4-10)20-27(23,24)15-8-14-13(7-12(15)18)19-16(21)9-26-14/h3-8,20H,2,9H2,1H3,(H,19,21). The predicted molar refractivity (Wildman–Crippen MR) is 101 cm³/mol. The highest BCUT2D eigenvalue weighted by Crippen LogP contribution is 2.36. The number of sulfonamides is 1. The van der Waals surface area contributed by atoms with Crippen LogP contribution in [0.4, 0.5) is 11.4 Å². The van der Waals surface area contributed by atoms with Crippen LogP contribution in [0.2, 0.25) is 0 Å². The first kappa shape index (κ1) is 19.2.